The normalized spacial score (nSPS) is 5.44. The van der Waals surface area contributed by atoms with Gasteiger partial charge < -0.3 is 4.79 Å². The van der Waals surface area contributed by atoms with Crippen molar-refractivity contribution in [1.82, 2.24) is 0 Å². The molecule has 0 N–H and O–H groups in total. The summed E-state index contributed by atoms with van der Waals surface area (Å²) in [4.78, 5) is 9.40. The lowest BCUT2D eigenvalue weighted by Crippen LogP contribution is -1.64. The van der Waals surface area contributed by atoms with Gasteiger partial charge in [-0.05, 0) is 6.42 Å². The number of aldehydes is 1. The van der Waals surface area contributed by atoms with Crippen LogP contribution in [0.2, 0.25) is 0 Å². The molecule has 1 heteroatoms. The van der Waals surface area contributed by atoms with Gasteiger partial charge in [0, 0.05) is 6.42 Å². The van der Waals surface area contributed by atoms with E-state index in [1.165, 1.54) is 0 Å². The Bertz CT molecular complexity index is 25.7. The minimum Gasteiger partial charge on any atom is -0.303 e. The largest absolute Gasteiger partial charge is 0.303 e. The third-order valence-electron chi connectivity index (χ3n) is 0.407. The number of unbranched alkanes of at least 4 members (excludes halogenated alkanes) is 1. The van der Waals surface area contributed by atoms with E-state index in [2.05, 4.69) is 0 Å². The van der Waals surface area contributed by atoms with Crippen LogP contribution in [0.15, 0.2) is 0 Å². The lowest BCUT2D eigenvalue weighted by atomic mass is 10.4. The van der Waals surface area contributed by atoms with Crippen LogP contribution in [0, 0.1) is 0 Å². The number of carbonyl (C=O) groups is 1. The molecule has 0 aliphatic heterocycles. The summed E-state index contributed by atoms with van der Waals surface area (Å²) in [7, 11) is 0. The molecule has 1 nitrogen and oxygen atoms in total. The standard InChI is InChI=1S/C4H8O.2C2H6/c1-2-3-4-5;2*1-2/h4H,2-3H2,1H3;2*1-2H3. The van der Waals surface area contributed by atoms with Crippen molar-refractivity contribution in [2.45, 2.75) is 47.5 Å². The first-order valence-electron chi connectivity index (χ1n) is 3.85. The average molecular weight is 132 g/mol. The Hall–Kier alpha value is -0.330. The molecule has 0 fully saturated rings. The maximum absolute atomic E-state index is 9.40. The van der Waals surface area contributed by atoms with E-state index < -0.39 is 0 Å². The molecule has 0 saturated heterocycles. The first-order valence-corrected chi connectivity index (χ1v) is 3.85. The molecule has 0 radical (unpaired) electrons. The van der Waals surface area contributed by atoms with Gasteiger partial charge in [-0.25, -0.2) is 0 Å². The average Bonchev–Trinajstić information content (AvgIpc) is 1.98. The molecule has 0 aliphatic carbocycles. The summed E-state index contributed by atoms with van der Waals surface area (Å²) in [6.45, 7) is 9.98. The van der Waals surface area contributed by atoms with Crippen molar-refractivity contribution < 1.29 is 4.79 Å². The van der Waals surface area contributed by atoms with Gasteiger partial charge in [0.2, 0.25) is 0 Å². The van der Waals surface area contributed by atoms with Crippen LogP contribution in [0.1, 0.15) is 47.5 Å². The van der Waals surface area contributed by atoms with Crippen molar-refractivity contribution in [3.05, 3.63) is 0 Å². The highest BCUT2D eigenvalue weighted by Gasteiger charge is 1.66. The van der Waals surface area contributed by atoms with E-state index in [-0.39, 0.29) is 0 Å². The number of carbonyl (C=O) groups excluding carboxylic acids is 1. The smallest absolute Gasteiger partial charge is 0.119 e. The summed E-state index contributed by atoms with van der Waals surface area (Å²) in [5.74, 6) is 0. The van der Waals surface area contributed by atoms with E-state index in [4.69, 9.17) is 0 Å². The molecule has 9 heavy (non-hydrogen) atoms. The summed E-state index contributed by atoms with van der Waals surface area (Å²) < 4.78 is 0. The second kappa shape index (κ2) is 47.9. The molecule has 0 atom stereocenters. The molecule has 0 aromatic rings. The molecule has 0 saturated carbocycles. The van der Waals surface area contributed by atoms with Crippen LogP contribution in [0.25, 0.3) is 0 Å². The third-order valence-corrected chi connectivity index (χ3v) is 0.407. The van der Waals surface area contributed by atoms with E-state index in [1.54, 1.807) is 0 Å². The molecule has 0 spiro atoms. The monoisotopic (exact) mass is 132 g/mol. The first-order chi connectivity index (χ1) is 4.41. The summed E-state index contributed by atoms with van der Waals surface area (Å²) in [5, 5.41) is 0. The third kappa shape index (κ3) is 88.4. The fourth-order valence-electron chi connectivity index (χ4n) is 0.118. The topological polar surface area (TPSA) is 17.1 Å². The molecule has 0 aromatic carbocycles. The molecule has 0 aliphatic rings. The summed E-state index contributed by atoms with van der Waals surface area (Å²) in [6, 6.07) is 0. The Morgan fingerprint density at radius 3 is 1.44 bits per heavy atom. The molecule has 0 rings (SSSR count). The zero-order valence-corrected chi connectivity index (χ0v) is 7.40. The van der Waals surface area contributed by atoms with Crippen LogP contribution in [-0.4, -0.2) is 6.29 Å². The first kappa shape index (κ1) is 15.9. The molecular formula is C8H20O. The van der Waals surface area contributed by atoms with Gasteiger partial charge in [0.25, 0.3) is 0 Å². The van der Waals surface area contributed by atoms with Crippen LogP contribution >= 0.6 is 0 Å². The quantitative estimate of drug-likeness (QED) is 0.528. The van der Waals surface area contributed by atoms with Gasteiger partial charge in [-0.1, -0.05) is 34.6 Å². The molecule has 0 heterocycles. The van der Waals surface area contributed by atoms with Crippen molar-refractivity contribution in [3.63, 3.8) is 0 Å². The van der Waals surface area contributed by atoms with Crippen molar-refractivity contribution in [2.75, 3.05) is 0 Å². The highest BCUT2D eigenvalue weighted by atomic mass is 16.1. The number of rotatable bonds is 2. The second-order valence-electron chi connectivity index (χ2n) is 0.955. The van der Waals surface area contributed by atoms with E-state index in [9.17, 15) is 4.79 Å². The SMILES string of the molecule is CC.CC.CCCC=O. The minimum absolute atomic E-state index is 0.708. The van der Waals surface area contributed by atoms with E-state index >= 15 is 0 Å². The van der Waals surface area contributed by atoms with Crippen molar-refractivity contribution in [3.8, 4) is 0 Å². The Morgan fingerprint density at radius 1 is 1.11 bits per heavy atom. The van der Waals surface area contributed by atoms with Gasteiger partial charge in [0.05, 0.1) is 0 Å². The van der Waals surface area contributed by atoms with Crippen LogP contribution in [0.5, 0.6) is 0 Å². The Kier molecular flexibility index (Phi) is 84.4. The highest BCUT2D eigenvalue weighted by Crippen LogP contribution is 1.74. The van der Waals surface area contributed by atoms with Gasteiger partial charge in [0.1, 0.15) is 6.29 Å². The molecular weight excluding hydrogens is 112 g/mol. The van der Waals surface area contributed by atoms with Gasteiger partial charge in [-0.3, -0.25) is 0 Å². The zero-order valence-electron chi connectivity index (χ0n) is 7.40. The predicted octanol–water partition coefficient (Wildman–Crippen LogP) is 3.04. The van der Waals surface area contributed by atoms with E-state index in [0.29, 0.717) is 6.42 Å². The minimum atomic E-state index is 0.708. The Labute approximate surface area is 59.5 Å². The fourth-order valence-corrected chi connectivity index (χ4v) is 0.118. The van der Waals surface area contributed by atoms with Gasteiger partial charge in [0.15, 0.2) is 0 Å². The summed E-state index contributed by atoms with van der Waals surface area (Å²) in [5.41, 5.74) is 0. The molecule has 0 amide bonds. The highest BCUT2D eigenvalue weighted by molar-refractivity contribution is 5.48. The van der Waals surface area contributed by atoms with Crippen LogP contribution in [0.4, 0.5) is 0 Å². The van der Waals surface area contributed by atoms with Gasteiger partial charge in [-0.15, -0.1) is 0 Å². The zero-order chi connectivity index (χ0) is 8.12. The predicted molar refractivity (Wildman–Crippen MR) is 43.7 cm³/mol. The maximum atomic E-state index is 9.40. The molecule has 0 aromatic heterocycles. The van der Waals surface area contributed by atoms with Crippen molar-refractivity contribution in [2.24, 2.45) is 0 Å². The lowest BCUT2D eigenvalue weighted by Gasteiger charge is -1.68. The fraction of sp³-hybridized carbons (Fsp3) is 0.875. The number of hydrogen-bond donors (Lipinski definition) is 0. The van der Waals surface area contributed by atoms with Gasteiger partial charge in [-0.2, -0.15) is 0 Å². The maximum Gasteiger partial charge on any atom is 0.119 e. The second-order valence-corrected chi connectivity index (χ2v) is 0.955. The lowest BCUT2D eigenvalue weighted by molar-refractivity contribution is -0.107. The van der Waals surface area contributed by atoms with Crippen LogP contribution in [0.3, 0.4) is 0 Å². The molecule has 0 unspecified atom stereocenters. The van der Waals surface area contributed by atoms with E-state index in [1.807, 2.05) is 34.6 Å². The summed E-state index contributed by atoms with van der Waals surface area (Å²) >= 11 is 0. The van der Waals surface area contributed by atoms with Crippen LogP contribution in [-0.2, 0) is 4.79 Å². The van der Waals surface area contributed by atoms with Gasteiger partial charge >= 0.3 is 0 Å². The molecule has 0 bridgehead atoms. The molecule has 58 valence electrons. The van der Waals surface area contributed by atoms with E-state index in [0.717, 1.165) is 12.7 Å². The number of hydrogen-bond acceptors (Lipinski definition) is 1. The van der Waals surface area contributed by atoms with Crippen molar-refractivity contribution >= 4 is 6.29 Å². The van der Waals surface area contributed by atoms with Crippen LogP contribution < -0.4 is 0 Å². The Morgan fingerprint density at radius 2 is 1.44 bits per heavy atom. The Balaban J connectivity index is -0.0000000771. The summed E-state index contributed by atoms with van der Waals surface area (Å²) in [6.07, 6.45) is 2.61. The van der Waals surface area contributed by atoms with Crippen molar-refractivity contribution in [1.29, 1.82) is 0 Å².